The molecule has 6 heteroatoms. The zero-order chi connectivity index (χ0) is 13.8. The predicted molar refractivity (Wildman–Crippen MR) is 65.9 cm³/mol. The second kappa shape index (κ2) is 5.73. The third kappa shape index (κ3) is 2.86. The van der Waals surface area contributed by atoms with Crippen LogP contribution < -0.4 is 5.32 Å². The molecule has 0 fully saturated rings. The van der Waals surface area contributed by atoms with E-state index in [1.807, 2.05) is 30.3 Å². The minimum atomic E-state index is -1.22. The maximum Gasteiger partial charge on any atom is 0.290 e. The summed E-state index contributed by atoms with van der Waals surface area (Å²) >= 11 is 0. The fraction of sp³-hybridized carbons (Fsp3) is 0.308. The molecule has 1 aliphatic heterocycles. The normalized spacial score (nSPS) is 20.3. The number of nitrogens with one attached hydrogen (secondary N) is 1. The molecule has 2 rings (SSSR count). The van der Waals surface area contributed by atoms with E-state index in [9.17, 15) is 15.0 Å². The number of rotatable bonds is 5. The van der Waals surface area contributed by atoms with Crippen molar-refractivity contribution in [2.24, 2.45) is 0 Å². The van der Waals surface area contributed by atoms with E-state index in [2.05, 4.69) is 5.32 Å². The minimum absolute atomic E-state index is 0.0459. The Hall–Kier alpha value is -2.05. The molecule has 0 aliphatic carbocycles. The van der Waals surface area contributed by atoms with Gasteiger partial charge in [0.1, 0.15) is 18.8 Å². The van der Waals surface area contributed by atoms with Crippen molar-refractivity contribution >= 4 is 5.91 Å². The monoisotopic (exact) mass is 265 g/mol. The molecule has 1 aliphatic rings. The van der Waals surface area contributed by atoms with Crippen LogP contribution in [0.4, 0.5) is 0 Å². The van der Waals surface area contributed by atoms with Crippen molar-refractivity contribution < 1.29 is 24.9 Å². The first kappa shape index (κ1) is 13.4. The maximum atomic E-state index is 11.3. The van der Waals surface area contributed by atoms with E-state index in [0.717, 1.165) is 5.56 Å². The number of hydrogen-bond donors (Lipinski definition) is 4. The van der Waals surface area contributed by atoms with Gasteiger partial charge in [0.2, 0.25) is 5.76 Å². The molecule has 0 spiro atoms. The lowest BCUT2D eigenvalue weighted by molar-refractivity contribution is -0.119. The van der Waals surface area contributed by atoms with Crippen LogP contribution in [-0.4, -0.2) is 40.0 Å². The largest absolute Gasteiger partial charge is 0.501 e. The second-order valence-corrected chi connectivity index (χ2v) is 4.19. The molecule has 0 radical (unpaired) electrons. The van der Waals surface area contributed by atoms with E-state index in [0.29, 0.717) is 0 Å². The van der Waals surface area contributed by atoms with Gasteiger partial charge in [0.15, 0.2) is 5.76 Å². The summed E-state index contributed by atoms with van der Waals surface area (Å²) in [6, 6.07) is 8.27. The number of hydrogen-bond acceptors (Lipinski definition) is 5. The van der Waals surface area contributed by atoms with Gasteiger partial charge in [-0.25, -0.2) is 0 Å². The third-order valence-corrected chi connectivity index (χ3v) is 2.83. The van der Waals surface area contributed by atoms with Crippen molar-refractivity contribution in [1.82, 2.24) is 5.32 Å². The first-order chi connectivity index (χ1) is 9.13. The van der Waals surface area contributed by atoms with Crippen LogP contribution in [0.3, 0.4) is 0 Å². The number of aliphatic hydroxyl groups is 3. The topological polar surface area (TPSA) is 99.0 Å². The molecule has 19 heavy (non-hydrogen) atoms. The highest BCUT2D eigenvalue weighted by Crippen LogP contribution is 2.21. The van der Waals surface area contributed by atoms with Crippen molar-refractivity contribution in [1.29, 1.82) is 0 Å². The fourth-order valence-corrected chi connectivity index (χ4v) is 1.80. The Balaban J connectivity index is 2.09. The van der Waals surface area contributed by atoms with E-state index in [1.165, 1.54) is 0 Å². The van der Waals surface area contributed by atoms with Gasteiger partial charge in [-0.1, -0.05) is 30.3 Å². The highest BCUT2D eigenvalue weighted by atomic mass is 16.5. The van der Waals surface area contributed by atoms with Crippen molar-refractivity contribution in [3.8, 4) is 0 Å². The predicted octanol–water partition coefficient (Wildman–Crippen LogP) is -0.176. The van der Waals surface area contributed by atoms with Crippen molar-refractivity contribution in [2.45, 2.75) is 18.8 Å². The van der Waals surface area contributed by atoms with Crippen LogP contribution in [0.1, 0.15) is 5.56 Å². The zero-order valence-corrected chi connectivity index (χ0v) is 10.1. The summed E-state index contributed by atoms with van der Waals surface area (Å²) in [5.41, 5.74) is 0.861. The van der Waals surface area contributed by atoms with Crippen LogP contribution in [0, 0.1) is 0 Å². The van der Waals surface area contributed by atoms with Gasteiger partial charge in [0.05, 0.1) is 6.61 Å². The molecular formula is C13H15NO5. The van der Waals surface area contributed by atoms with E-state index < -0.39 is 30.4 Å². The van der Waals surface area contributed by atoms with Gasteiger partial charge in [0.25, 0.3) is 5.91 Å². The second-order valence-electron chi connectivity index (χ2n) is 4.19. The number of amides is 1. The molecule has 1 amide bonds. The Labute approximate surface area is 109 Å². The quantitative estimate of drug-likeness (QED) is 0.592. The average Bonchev–Trinajstić information content (AvgIpc) is 2.73. The van der Waals surface area contributed by atoms with Gasteiger partial charge in [-0.15, -0.1) is 0 Å². The summed E-state index contributed by atoms with van der Waals surface area (Å²) in [6.45, 7) is -0.389. The lowest BCUT2D eigenvalue weighted by Gasteiger charge is -2.19. The molecule has 0 saturated carbocycles. The van der Waals surface area contributed by atoms with Crippen molar-refractivity contribution in [2.75, 3.05) is 6.61 Å². The molecular weight excluding hydrogens is 250 g/mol. The van der Waals surface area contributed by atoms with E-state index in [-0.39, 0.29) is 12.4 Å². The Kier molecular flexibility index (Phi) is 4.03. The Morgan fingerprint density at radius 1 is 1.32 bits per heavy atom. The van der Waals surface area contributed by atoms with Crippen molar-refractivity contribution in [3.05, 3.63) is 47.4 Å². The molecule has 1 aromatic carbocycles. The van der Waals surface area contributed by atoms with E-state index in [4.69, 9.17) is 9.84 Å². The Bertz CT molecular complexity index is 485. The summed E-state index contributed by atoms with van der Waals surface area (Å²) < 4.78 is 5.38. The standard InChI is InChI=1S/C13H15NO5/c15-6-9(16)10-12(11(17)13(18)14-10)19-7-8-4-2-1-3-5-8/h1-5,9-10,15-17H,6-7H2,(H,14,18)/t9-,10+/m0/s1. The summed E-state index contributed by atoms with van der Waals surface area (Å²) in [6.07, 6.45) is -1.22. The zero-order valence-electron chi connectivity index (χ0n) is 10.1. The van der Waals surface area contributed by atoms with Gasteiger partial charge < -0.3 is 25.4 Å². The van der Waals surface area contributed by atoms with Crippen molar-refractivity contribution in [3.63, 3.8) is 0 Å². The molecule has 0 saturated heterocycles. The molecule has 6 nitrogen and oxygen atoms in total. The highest BCUT2D eigenvalue weighted by molar-refractivity contribution is 5.94. The number of benzene rings is 1. The minimum Gasteiger partial charge on any atom is -0.501 e. The number of aliphatic hydroxyl groups excluding tert-OH is 3. The fourth-order valence-electron chi connectivity index (χ4n) is 1.80. The van der Waals surface area contributed by atoms with E-state index >= 15 is 0 Å². The van der Waals surface area contributed by atoms with Crippen LogP contribution in [0.15, 0.2) is 41.9 Å². The molecule has 0 unspecified atom stereocenters. The molecule has 1 aromatic rings. The molecule has 0 bridgehead atoms. The van der Waals surface area contributed by atoms with Crippen LogP contribution in [-0.2, 0) is 16.1 Å². The van der Waals surface area contributed by atoms with Crippen LogP contribution >= 0.6 is 0 Å². The first-order valence-corrected chi connectivity index (χ1v) is 5.83. The Morgan fingerprint density at radius 3 is 2.63 bits per heavy atom. The molecule has 2 atom stereocenters. The third-order valence-electron chi connectivity index (χ3n) is 2.83. The van der Waals surface area contributed by atoms with Gasteiger partial charge in [-0.05, 0) is 5.56 Å². The van der Waals surface area contributed by atoms with Crippen LogP contribution in [0.5, 0.6) is 0 Å². The Morgan fingerprint density at radius 2 is 2.00 bits per heavy atom. The van der Waals surface area contributed by atoms with Gasteiger partial charge in [0, 0.05) is 0 Å². The van der Waals surface area contributed by atoms with Gasteiger partial charge in [-0.3, -0.25) is 4.79 Å². The highest BCUT2D eigenvalue weighted by Gasteiger charge is 2.37. The van der Waals surface area contributed by atoms with Crippen LogP contribution in [0.25, 0.3) is 0 Å². The van der Waals surface area contributed by atoms with Gasteiger partial charge in [-0.2, -0.15) is 0 Å². The van der Waals surface area contributed by atoms with Gasteiger partial charge >= 0.3 is 0 Å². The number of ether oxygens (including phenoxy) is 1. The summed E-state index contributed by atoms with van der Waals surface area (Å²) in [4.78, 5) is 11.3. The summed E-state index contributed by atoms with van der Waals surface area (Å²) in [7, 11) is 0. The molecule has 4 N–H and O–H groups in total. The number of carbonyl (C=O) groups is 1. The smallest absolute Gasteiger partial charge is 0.290 e. The SMILES string of the molecule is O=C1N[C@H]([C@@H](O)CO)C(OCc2ccccc2)=C1O. The molecule has 102 valence electrons. The van der Waals surface area contributed by atoms with Crippen LogP contribution in [0.2, 0.25) is 0 Å². The molecule has 1 heterocycles. The lowest BCUT2D eigenvalue weighted by Crippen LogP contribution is -2.41. The summed E-state index contributed by atoms with van der Waals surface area (Å²) in [5.74, 6) is -1.33. The maximum absolute atomic E-state index is 11.3. The number of carbonyl (C=O) groups excluding carboxylic acids is 1. The lowest BCUT2D eigenvalue weighted by atomic mass is 10.1. The molecule has 0 aromatic heterocycles. The first-order valence-electron chi connectivity index (χ1n) is 5.83. The average molecular weight is 265 g/mol. The van der Waals surface area contributed by atoms with E-state index in [1.54, 1.807) is 0 Å². The summed E-state index contributed by atoms with van der Waals surface area (Å²) in [5, 5.41) is 30.4.